The monoisotopic (exact) mass is 332 g/mol. The third kappa shape index (κ3) is 4.64. The summed E-state index contributed by atoms with van der Waals surface area (Å²) in [5.41, 5.74) is 1.80. The highest BCUT2D eigenvalue weighted by Gasteiger charge is 2.21. The van der Waals surface area contributed by atoms with Crippen molar-refractivity contribution in [2.45, 2.75) is 31.2 Å². The van der Waals surface area contributed by atoms with E-state index in [4.69, 9.17) is 0 Å². The molecule has 1 unspecified atom stereocenters. The van der Waals surface area contributed by atoms with E-state index in [1.165, 1.54) is 24.6 Å². The number of aryl methyl sites for hydroxylation is 1. The number of benzene rings is 2. The molecule has 0 radical (unpaired) electrons. The molecule has 2 rings (SSSR count). The molecule has 1 amide bonds. The Morgan fingerprint density at radius 2 is 1.65 bits per heavy atom. The fourth-order valence-corrected chi connectivity index (χ4v) is 3.25. The van der Waals surface area contributed by atoms with E-state index in [1.807, 2.05) is 19.1 Å². The Balaban J connectivity index is 2.02. The second-order valence-corrected chi connectivity index (χ2v) is 6.91. The van der Waals surface area contributed by atoms with E-state index in [0.717, 1.165) is 6.42 Å². The number of rotatable bonds is 6. The molecule has 0 aliphatic carbocycles. The van der Waals surface area contributed by atoms with Crippen LogP contribution in [0.4, 0.5) is 5.69 Å². The van der Waals surface area contributed by atoms with Gasteiger partial charge in [0.2, 0.25) is 15.9 Å². The van der Waals surface area contributed by atoms with Crippen molar-refractivity contribution in [3.63, 3.8) is 0 Å². The van der Waals surface area contributed by atoms with Crippen LogP contribution in [-0.4, -0.2) is 20.4 Å². The van der Waals surface area contributed by atoms with Crippen LogP contribution in [0, 0.1) is 0 Å². The Hall–Kier alpha value is -2.18. The highest BCUT2D eigenvalue weighted by molar-refractivity contribution is 7.89. The highest BCUT2D eigenvalue weighted by atomic mass is 32.2. The smallest absolute Gasteiger partial charge is 0.242 e. The van der Waals surface area contributed by atoms with Gasteiger partial charge in [0.25, 0.3) is 0 Å². The fraction of sp³-hybridized carbons (Fsp3) is 0.235. The number of amides is 1. The number of carbonyl (C=O) groups excluding carboxylic acids is 1. The number of sulfonamides is 1. The Kier molecular flexibility index (Phi) is 5.52. The SMILES string of the molecule is CCc1ccc(NC(=O)C(C)NS(=O)(=O)c2ccccc2)cc1. The molecular weight excluding hydrogens is 312 g/mol. The summed E-state index contributed by atoms with van der Waals surface area (Å²) in [4.78, 5) is 12.3. The molecule has 2 aromatic carbocycles. The van der Waals surface area contributed by atoms with Gasteiger partial charge in [-0.15, -0.1) is 0 Å². The molecule has 0 spiro atoms. The van der Waals surface area contributed by atoms with Crippen molar-refractivity contribution in [2.24, 2.45) is 0 Å². The first-order valence-corrected chi connectivity index (χ1v) is 8.88. The molecule has 0 aliphatic rings. The fourth-order valence-electron chi connectivity index (χ4n) is 2.03. The van der Waals surface area contributed by atoms with Crippen LogP contribution < -0.4 is 10.0 Å². The van der Waals surface area contributed by atoms with Crippen LogP contribution in [0.15, 0.2) is 59.5 Å². The van der Waals surface area contributed by atoms with E-state index in [-0.39, 0.29) is 4.90 Å². The van der Waals surface area contributed by atoms with Gasteiger partial charge in [0.1, 0.15) is 0 Å². The zero-order valence-corrected chi connectivity index (χ0v) is 13.9. The summed E-state index contributed by atoms with van der Waals surface area (Å²) >= 11 is 0. The zero-order valence-electron chi connectivity index (χ0n) is 13.1. The predicted octanol–water partition coefficient (Wildman–Crippen LogP) is 2.55. The first kappa shape index (κ1) is 17.2. The maximum Gasteiger partial charge on any atom is 0.242 e. The van der Waals surface area contributed by atoms with Gasteiger partial charge in [-0.2, -0.15) is 4.72 Å². The average molecular weight is 332 g/mol. The minimum Gasteiger partial charge on any atom is -0.325 e. The van der Waals surface area contributed by atoms with Gasteiger partial charge in [-0.05, 0) is 43.2 Å². The lowest BCUT2D eigenvalue weighted by Crippen LogP contribution is -2.41. The number of hydrogen-bond acceptors (Lipinski definition) is 3. The van der Waals surface area contributed by atoms with Crippen molar-refractivity contribution in [1.29, 1.82) is 0 Å². The first-order valence-electron chi connectivity index (χ1n) is 7.39. The molecule has 0 saturated heterocycles. The number of carbonyl (C=O) groups is 1. The van der Waals surface area contributed by atoms with E-state index < -0.39 is 22.0 Å². The van der Waals surface area contributed by atoms with Crippen LogP contribution in [-0.2, 0) is 21.2 Å². The van der Waals surface area contributed by atoms with Crippen molar-refractivity contribution in [3.05, 3.63) is 60.2 Å². The third-order valence-corrected chi connectivity index (χ3v) is 4.97. The van der Waals surface area contributed by atoms with Crippen LogP contribution in [0.2, 0.25) is 0 Å². The second kappa shape index (κ2) is 7.39. The minimum absolute atomic E-state index is 0.131. The quantitative estimate of drug-likeness (QED) is 0.853. The van der Waals surface area contributed by atoms with E-state index in [9.17, 15) is 13.2 Å². The van der Waals surface area contributed by atoms with Gasteiger partial charge in [-0.25, -0.2) is 8.42 Å². The molecule has 0 bridgehead atoms. The van der Waals surface area contributed by atoms with E-state index in [0.29, 0.717) is 5.69 Å². The molecule has 0 fully saturated rings. The summed E-state index contributed by atoms with van der Waals surface area (Å²) in [5, 5.41) is 2.70. The Morgan fingerprint density at radius 1 is 1.04 bits per heavy atom. The largest absolute Gasteiger partial charge is 0.325 e. The van der Waals surface area contributed by atoms with Crippen LogP contribution in [0.3, 0.4) is 0 Å². The standard InChI is InChI=1S/C17H20N2O3S/c1-3-14-9-11-15(12-10-14)18-17(20)13(2)19-23(21,22)16-7-5-4-6-8-16/h4-13,19H,3H2,1-2H3,(H,18,20). The molecule has 2 N–H and O–H groups in total. The van der Waals surface area contributed by atoms with Gasteiger partial charge in [0.15, 0.2) is 0 Å². The van der Waals surface area contributed by atoms with Gasteiger partial charge in [0.05, 0.1) is 10.9 Å². The number of nitrogens with one attached hydrogen (secondary N) is 2. The molecule has 0 saturated carbocycles. The predicted molar refractivity (Wildman–Crippen MR) is 90.7 cm³/mol. The van der Waals surface area contributed by atoms with Crippen LogP contribution in [0.5, 0.6) is 0 Å². The highest BCUT2D eigenvalue weighted by Crippen LogP contribution is 2.12. The minimum atomic E-state index is -3.72. The Labute approximate surface area is 136 Å². The summed E-state index contributed by atoms with van der Waals surface area (Å²) in [6, 6.07) is 14.5. The summed E-state index contributed by atoms with van der Waals surface area (Å²) in [6.45, 7) is 3.56. The molecule has 1 atom stereocenters. The first-order chi connectivity index (χ1) is 10.9. The van der Waals surface area contributed by atoms with Crippen LogP contribution >= 0.6 is 0 Å². The molecule has 6 heteroatoms. The van der Waals surface area contributed by atoms with Gasteiger partial charge in [-0.1, -0.05) is 37.3 Å². The van der Waals surface area contributed by atoms with Crippen molar-refractivity contribution in [2.75, 3.05) is 5.32 Å². The summed E-state index contributed by atoms with van der Waals surface area (Å²) in [6.07, 6.45) is 0.918. The topological polar surface area (TPSA) is 75.3 Å². The number of hydrogen-bond donors (Lipinski definition) is 2. The Morgan fingerprint density at radius 3 is 2.22 bits per heavy atom. The molecular formula is C17H20N2O3S. The normalized spacial score (nSPS) is 12.6. The van der Waals surface area contributed by atoms with Crippen LogP contribution in [0.1, 0.15) is 19.4 Å². The van der Waals surface area contributed by atoms with Gasteiger partial charge >= 0.3 is 0 Å². The molecule has 0 aromatic heterocycles. The van der Waals surface area contributed by atoms with Gasteiger partial charge in [-0.3, -0.25) is 4.79 Å². The van der Waals surface area contributed by atoms with Gasteiger partial charge < -0.3 is 5.32 Å². The van der Waals surface area contributed by atoms with Gasteiger partial charge in [0, 0.05) is 5.69 Å². The van der Waals surface area contributed by atoms with Crippen molar-refractivity contribution < 1.29 is 13.2 Å². The van der Waals surface area contributed by atoms with E-state index >= 15 is 0 Å². The van der Waals surface area contributed by atoms with Crippen molar-refractivity contribution in [3.8, 4) is 0 Å². The lowest BCUT2D eigenvalue weighted by atomic mass is 10.1. The van der Waals surface area contributed by atoms with E-state index in [1.54, 1.807) is 30.3 Å². The summed E-state index contributed by atoms with van der Waals surface area (Å²) in [7, 11) is -3.72. The van der Waals surface area contributed by atoms with Crippen molar-refractivity contribution in [1.82, 2.24) is 4.72 Å². The molecule has 0 heterocycles. The molecule has 122 valence electrons. The molecule has 0 aliphatic heterocycles. The maximum absolute atomic E-state index is 12.2. The number of anilines is 1. The molecule has 23 heavy (non-hydrogen) atoms. The van der Waals surface area contributed by atoms with Crippen LogP contribution in [0.25, 0.3) is 0 Å². The zero-order chi connectivity index (χ0) is 16.9. The summed E-state index contributed by atoms with van der Waals surface area (Å²) < 4.78 is 26.8. The third-order valence-electron chi connectivity index (χ3n) is 3.41. The second-order valence-electron chi connectivity index (χ2n) is 5.20. The average Bonchev–Trinajstić information content (AvgIpc) is 2.56. The molecule has 5 nitrogen and oxygen atoms in total. The van der Waals surface area contributed by atoms with E-state index in [2.05, 4.69) is 10.0 Å². The molecule has 2 aromatic rings. The summed E-state index contributed by atoms with van der Waals surface area (Å²) in [5.74, 6) is -0.409. The maximum atomic E-state index is 12.2. The van der Waals surface area contributed by atoms with Crippen molar-refractivity contribution >= 4 is 21.6 Å². The lowest BCUT2D eigenvalue weighted by Gasteiger charge is -2.14. The Bertz CT molecular complexity index is 756. The lowest BCUT2D eigenvalue weighted by molar-refractivity contribution is -0.117.